The van der Waals surface area contributed by atoms with Crippen molar-refractivity contribution in [1.29, 1.82) is 0 Å². The number of benzene rings is 1. The average molecular weight is 277 g/mol. The van der Waals surface area contributed by atoms with Crippen molar-refractivity contribution in [3.05, 3.63) is 44.9 Å². The number of rotatable bonds is 5. The third-order valence-electron chi connectivity index (χ3n) is 3.00. The molecule has 0 amide bonds. The molecule has 102 valence electrons. The predicted octanol–water partition coefficient (Wildman–Crippen LogP) is 3.39. The largest absolute Gasteiger partial charge is 0.486 e. The van der Waals surface area contributed by atoms with Crippen LogP contribution < -0.4 is 4.74 Å². The van der Waals surface area contributed by atoms with E-state index >= 15 is 0 Å². The Kier molecular flexibility index (Phi) is 4.56. The number of aliphatic hydroxyl groups excluding tert-OH is 1. The Labute approximate surface area is 117 Å². The molecule has 0 aliphatic rings. The summed E-state index contributed by atoms with van der Waals surface area (Å²) < 4.78 is 5.83. The third-order valence-corrected chi connectivity index (χ3v) is 4.05. The van der Waals surface area contributed by atoms with Gasteiger partial charge in [-0.3, -0.25) is 0 Å². The minimum absolute atomic E-state index is 0.0598. The molecule has 0 fully saturated rings. The van der Waals surface area contributed by atoms with Crippen molar-refractivity contribution in [1.82, 2.24) is 4.98 Å². The fourth-order valence-electron chi connectivity index (χ4n) is 1.90. The van der Waals surface area contributed by atoms with Gasteiger partial charge in [-0.1, -0.05) is 19.1 Å². The van der Waals surface area contributed by atoms with Crippen molar-refractivity contribution in [2.24, 2.45) is 0 Å². The smallest absolute Gasteiger partial charge is 0.140 e. The molecule has 1 N–H and O–H groups in total. The fourth-order valence-corrected chi connectivity index (χ4v) is 2.83. The molecule has 0 saturated carbocycles. The molecule has 2 rings (SSSR count). The van der Waals surface area contributed by atoms with Crippen LogP contribution in [0.25, 0.3) is 0 Å². The number of aryl methyl sites for hydroxylation is 3. The summed E-state index contributed by atoms with van der Waals surface area (Å²) in [5.41, 5.74) is 3.29. The quantitative estimate of drug-likeness (QED) is 0.911. The molecule has 0 saturated heterocycles. The molecule has 0 unspecified atom stereocenters. The van der Waals surface area contributed by atoms with Crippen LogP contribution in [-0.4, -0.2) is 10.1 Å². The lowest BCUT2D eigenvalue weighted by molar-refractivity contribution is 0.284. The number of ether oxygens (including phenoxy) is 1. The first-order valence-electron chi connectivity index (χ1n) is 6.42. The van der Waals surface area contributed by atoms with Gasteiger partial charge in [0.05, 0.1) is 17.2 Å². The number of hydrogen-bond acceptors (Lipinski definition) is 4. The van der Waals surface area contributed by atoms with Crippen molar-refractivity contribution in [2.45, 2.75) is 40.4 Å². The summed E-state index contributed by atoms with van der Waals surface area (Å²) in [6, 6.07) is 6.17. The molecule has 0 aliphatic carbocycles. The van der Waals surface area contributed by atoms with E-state index in [1.54, 1.807) is 0 Å². The van der Waals surface area contributed by atoms with E-state index < -0.39 is 0 Å². The van der Waals surface area contributed by atoms with Crippen molar-refractivity contribution < 1.29 is 9.84 Å². The fraction of sp³-hybridized carbons (Fsp3) is 0.400. The predicted molar refractivity (Wildman–Crippen MR) is 77.7 cm³/mol. The summed E-state index contributed by atoms with van der Waals surface area (Å²) in [5, 5.41) is 10.2. The van der Waals surface area contributed by atoms with Crippen LogP contribution in [0.4, 0.5) is 0 Å². The summed E-state index contributed by atoms with van der Waals surface area (Å²) >= 11 is 1.53. The molecule has 0 spiro atoms. The number of thiazole rings is 1. The standard InChI is InChI=1S/C15H19NO2S/c1-4-12-14(8-17)19-15(16-12)9-18-13-7-10(2)5-6-11(13)3/h5-7,17H,4,8-9H2,1-3H3. The molecule has 2 aromatic rings. The molecule has 0 radical (unpaired) electrons. The molecule has 0 aliphatic heterocycles. The zero-order valence-electron chi connectivity index (χ0n) is 11.6. The van der Waals surface area contributed by atoms with Gasteiger partial charge in [0.15, 0.2) is 0 Å². The Bertz CT molecular complexity index is 542. The number of hydrogen-bond donors (Lipinski definition) is 1. The van der Waals surface area contributed by atoms with E-state index in [0.29, 0.717) is 6.61 Å². The second-order valence-electron chi connectivity index (χ2n) is 4.55. The lowest BCUT2D eigenvalue weighted by Crippen LogP contribution is -1.97. The van der Waals surface area contributed by atoms with Gasteiger partial charge < -0.3 is 9.84 Å². The molecular formula is C15H19NO2S. The van der Waals surface area contributed by atoms with Gasteiger partial charge in [-0.05, 0) is 37.5 Å². The second-order valence-corrected chi connectivity index (χ2v) is 5.71. The van der Waals surface area contributed by atoms with Gasteiger partial charge in [0.2, 0.25) is 0 Å². The van der Waals surface area contributed by atoms with Gasteiger partial charge in [-0.2, -0.15) is 0 Å². The van der Waals surface area contributed by atoms with Gasteiger partial charge in [0, 0.05) is 0 Å². The van der Waals surface area contributed by atoms with Crippen LogP contribution in [0.2, 0.25) is 0 Å². The van der Waals surface area contributed by atoms with Crippen LogP contribution in [-0.2, 0) is 19.6 Å². The Morgan fingerprint density at radius 2 is 2.11 bits per heavy atom. The van der Waals surface area contributed by atoms with Crippen molar-refractivity contribution in [3.8, 4) is 5.75 Å². The first-order chi connectivity index (χ1) is 9.13. The van der Waals surface area contributed by atoms with E-state index in [0.717, 1.165) is 33.3 Å². The van der Waals surface area contributed by atoms with E-state index in [-0.39, 0.29) is 6.61 Å². The lowest BCUT2D eigenvalue weighted by Gasteiger charge is -2.08. The van der Waals surface area contributed by atoms with Crippen LogP contribution in [0.3, 0.4) is 0 Å². The van der Waals surface area contributed by atoms with Crippen LogP contribution >= 0.6 is 11.3 Å². The Hall–Kier alpha value is -1.39. The zero-order valence-corrected chi connectivity index (χ0v) is 12.4. The maximum absolute atomic E-state index is 9.26. The Morgan fingerprint density at radius 3 is 2.74 bits per heavy atom. The highest BCUT2D eigenvalue weighted by molar-refractivity contribution is 7.11. The number of aliphatic hydroxyl groups is 1. The molecule has 0 bridgehead atoms. The molecule has 0 atom stereocenters. The SMILES string of the molecule is CCc1nc(COc2cc(C)ccc2C)sc1CO. The van der Waals surface area contributed by atoms with Gasteiger partial charge in [-0.25, -0.2) is 4.98 Å². The molecule has 1 aromatic carbocycles. The monoisotopic (exact) mass is 277 g/mol. The first kappa shape index (κ1) is 14.0. The highest BCUT2D eigenvalue weighted by Gasteiger charge is 2.10. The van der Waals surface area contributed by atoms with E-state index in [9.17, 15) is 5.11 Å². The second kappa shape index (κ2) is 6.17. The topological polar surface area (TPSA) is 42.4 Å². The maximum Gasteiger partial charge on any atom is 0.140 e. The van der Waals surface area contributed by atoms with E-state index in [2.05, 4.69) is 24.0 Å². The van der Waals surface area contributed by atoms with Crippen LogP contribution in [0.15, 0.2) is 18.2 Å². The summed E-state index contributed by atoms with van der Waals surface area (Å²) in [6.07, 6.45) is 0.843. The van der Waals surface area contributed by atoms with Gasteiger partial charge in [0.25, 0.3) is 0 Å². The van der Waals surface area contributed by atoms with Gasteiger partial charge in [-0.15, -0.1) is 11.3 Å². The van der Waals surface area contributed by atoms with E-state index in [4.69, 9.17) is 4.74 Å². The van der Waals surface area contributed by atoms with Gasteiger partial charge in [0.1, 0.15) is 17.4 Å². The Morgan fingerprint density at radius 1 is 1.32 bits per heavy atom. The van der Waals surface area contributed by atoms with Crippen LogP contribution in [0.1, 0.15) is 33.6 Å². The first-order valence-corrected chi connectivity index (χ1v) is 7.24. The van der Waals surface area contributed by atoms with Crippen molar-refractivity contribution >= 4 is 11.3 Å². The molecule has 3 nitrogen and oxygen atoms in total. The number of aromatic nitrogens is 1. The third kappa shape index (κ3) is 3.33. The van der Waals surface area contributed by atoms with Crippen molar-refractivity contribution in [2.75, 3.05) is 0 Å². The molecule has 1 heterocycles. The van der Waals surface area contributed by atoms with Gasteiger partial charge >= 0.3 is 0 Å². The van der Waals surface area contributed by atoms with E-state index in [1.165, 1.54) is 16.9 Å². The summed E-state index contributed by atoms with van der Waals surface area (Å²) in [6.45, 7) is 6.65. The maximum atomic E-state index is 9.26. The summed E-state index contributed by atoms with van der Waals surface area (Å²) in [5.74, 6) is 0.902. The molecule has 19 heavy (non-hydrogen) atoms. The van der Waals surface area contributed by atoms with E-state index in [1.807, 2.05) is 19.9 Å². The van der Waals surface area contributed by atoms with Crippen molar-refractivity contribution in [3.63, 3.8) is 0 Å². The molecule has 1 aromatic heterocycles. The average Bonchev–Trinajstić information content (AvgIpc) is 2.82. The van der Waals surface area contributed by atoms with Crippen LogP contribution in [0, 0.1) is 13.8 Å². The summed E-state index contributed by atoms with van der Waals surface area (Å²) in [7, 11) is 0. The highest BCUT2D eigenvalue weighted by atomic mass is 32.1. The van der Waals surface area contributed by atoms with Crippen LogP contribution in [0.5, 0.6) is 5.75 Å². The minimum atomic E-state index is 0.0598. The molecule has 4 heteroatoms. The minimum Gasteiger partial charge on any atom is -0.486 e. The summed E-state index contributed by atoms with van der Waals surface area (Å²) in [4.78, 5) is 5.45. The lowest BCUT2D eigenvalue weighted by atomic mass is 10.1. The normalized spacial score (nSPS) is 10.7. The zero-order chi connectivity index (χ0) is 13.8. The Balaban J connectivity index is 2.10. The number of nitrogens with zero attached hydrogens (tertiary/aromatic N) is 1. The molecular weight excluding hydrogens is 258 g/mol. The highest BCUT2D eigenvalue weighted by Crippen LogP contribution is 2.23.